The molecule has 0 spiro atoms. The zero-order valence-corrected chi connectivity index (χ0v) is 22.5. The number of furan rings is 4. The van der Waals surface area contributed by atoms with Crippen molar-refractivity contribution in [3.63, 3.8) is 0 Å². The van der Waals surface area contributed by atoms with Crippen LogP contribution in [0.5, 0.6) is 0 Å². The molecule has 0 aliphatic carbocycles. The first-order valence-electron chi connectivity index (χ1n) is 11.6. The van der Waals surface area contributed by atoms with Gasteiger partial charge in [0.05, 0.1) is 15.7 Å². The minimum atomic E-state index is -1.00. The molecule has 4 aromatic heterocycles. The monoisotopic (exact) mass is 636 g/mol. The van der Waals surface area contributed by atoms with E-state index in [9.17, 15) is 18.4 Å². The van der Waals surface area contributed by atoms with Gasteiger partial charge >= 0.3 is 2.85 Å². The van der Waals surface area contributed by atoms with E-state index >= 15 is 0 Å². The van der Waals surface area contributed by atoms with E-state index in [0.717, 1.165) is 17.3 Å². The van der Waals surface area contributed by atoms with Crippen LogP contribution in [0.2, 0.25) is 0 Å². The van der Waals surface area contributed by atoms with E-state index in [4.69, 9.17) is 39.1 Å². The third-order valence-corrected chi connectivity index (χ3v) is 3.74. The van der Waals surface area contributed by atoms with Crippen LogP contribution in [0.15, 0.2) is 66.2 Å². The van der Waals surface area contributed by atoms with Gasteiger partial charge in [0.1, 0.15) is 54.4 Å². The largest absolute Gasteiger partial charge is 1.00 e. The van der Waals surface area contributed by atoms with E-state index in [1.54, 1.807) is 37.3 Å². The molecule has 14 heteroatoms. The fourth-order valence-electron chi connectivity index (χ4n) is 2.21. The van der Waals surface area contributed by atoms with Crippen LogP contribution >= 0.6 is 0 Å². The number of aliphatic hydroxyl groups excluding tert-OH is 3. The maximum atomic E-state index is 9.96. The Balaban J connectivity index is -0.0000000436. The van der Waals surface area contributed by atoms with E-state index in [2.05, 4.69) is 1.45 Å². The van der Waals surface area contributed by atoms with Crippen LogP contribution in [0.25, 0.3) is 0 Å². The van der Waals surface area contributed by atoms with Crippen molar-refractivity contribution in [1.29, 1.82) is 1.45 Å². The summed E-state index contributed by atoms with van der Waals surface area (Å²) in [5, 5.41) is 25.4. The van der Waals surface area contributed by atoms with Crippen molar-refractivity contribution in [2.75, 3.05) is 14.3 Å². The lowest BCUT2D eigenvalue weighted by molar-refractivity contribution is 0.109. The van der Waals surface area contributed by atoms with Crippen molar-refractivity contribution >= 4 is 12.6 Å². The summed E-state index contributed by atoms with van der Waals surface area (Å²) >= 11 is 0. The average molecular weight is 637 g/mol. The van der Waals surface area contributed by atoms with Gasteiger partial charge in [-0.3, -0.25) is 23.1 Å². The fraction of sp³-hybridized carbons (Fsp3) is 0.379. The second-order valence-electron chi connectivity index (χ2n) is 6.49. The number of rotatable bonds is 5. The number of carbonyl (C=O) groups is 2. The van der Waals surface area contributed by atoms with Crippen LogP contribution < -0.4 is 0 Å². The van der Waals surface area contributed by atoms with E-state index in [1.807, 2.05) is 26.0 Å². The molecule has 7 N–H and O–H groups in total. The minimum Gasteiger partial charge on any atom is -0.467 e. The van der Waals surface area contributed by atoms with Crippen molar-refractivity contribution in [3.05, 3.63) is 94.6 Å². The lowest BCUT2D eigenvalue weighted by atomic mass is 10.4. The Kier molecular flexibility index (Phi) is 45.8. The highest BCUT2D eigenvalue weighted by atomic mass is 19.1. The summed E-state index contributed by atoms with van der Waals surface area (Å²) in [4.78, 5) is 19.9. The first-order valence-corrected chi connectivity index (χ1v) is 10.5. The Morgan fingerprint density at radius 3 is 1.12 bits per heavy atom. The first-order chi connectivity index (χ1) is 19.3. The molecule has 4 aromatic rings. The van der Waals surface area contributed by atoms with Crippen LogP contribution in [0.1, 0.15) is 82.2 Å². The minimum absolute atomic E-state index is 0. The number of aliphatic hydroxyl groups is 3. The Morgan fingerprint density at radius 1 is 0.651 bits per heavy atom. The second kappa shape index (κ2) is 38.0. The summed E-state index contributed by atoms with van der Waals surface area (Å²) in [5.74, 6) is 4.76. The van der Waals surface area contributed by atoms with E-state index < -0.39 is 7.15 Å². The van der Waals surface area contributed by atoms with Crippen LogP contribution in [-0.4, -0.2) is 54.6 Å². The third kappa shape index (κ3) is 28.0. The lowest BCUT2D eigenvalue weighted by Gasteiger charge is -1.86. The number of aldehydes is 2. The summed E-state index contributed by atoms with van der Waals surface area (Å²) < 4.78 is 57.6. The molecule has 4 heterocycles. The molecule has 0 aromatic carbocycles. The molecule has 0 atom stereocenters. The number of alkyl halides is 2. The topological polar surface area (TPSA) is 210 Å². The molecular formula is C29H53F3O11+2. The van der Waals surface area contributed by atoms with Crippen LogP contribution in [0.4, 0.5) is 13.5 Å². The SMILES string of the molecule is C.C.C.CF.Cc1ccc(C)o1.Cc1ccc(C=O)o1.O.O.O=Cc1ccc(CO)o1.OCc1ccc(CO)o1.[2H]CF.[2H]F.[H+].[H+]. The summed E-state index contributed by atoms with van der Waals surface area (Å²) in [5.41, 5.74) is 0. The summed E-state index contributed by atoms with van der Waals surface area (Å²) in [7, 11) is -0.500. The van der Waals surface area contributed by atoms with Gasteiger partial charge < -0.3 is 43.9 Å². The van der Waals surface area contributed by atoms with Crippen LogP contribution in [0, 0.1) is 20.8 Å². The molecule has 0 saturated carbocycles. The predicted octanol–water partition coefficient (Wildman–Crippen LogP) is 5.95. The highest BCUT2D eigenvalue weighted by Gasteiger charge is 1.97. The highest BCUT2D eigenvalue weighted by Crippen LogP contribution is 2.06. The molecule has 43 heavy (non-hydrogen) atoms. The zero-order valence-electron chi connectivity index (χ0n) is 26.5. The maximum Gasteiger partial charge on any atom is 1.00 e. The molecule has 0 saturated heterocycles. The number of halogens is 3. The Hall–Kier alpha value is -3.95. The molecule has 0 fully saturated rings. The molecule has 0 aliphatic rings. The summed E-state index contributed by atoms with van der Waals surface area (Å²) in [6.07, 6.45) is 1.28. The van der Waals surface area contributed by atoms with Gasteiger partial charge in [0, 0.05) is 0 Å². The molecule has 4 rings (SSSR count). The van der Waals surface area contributed by atoms with Gasteiger partial charge in [0.2, 0.25) is 0 Å². The van der Waals surface area contributed by atoms with Gasteiger partial charge in [-0.15, -0.1) is 0 Å². The van der Waals surface area contributed by atoms with Gasteiger partial charge in [0.15, 0.2) is 24.1 Å². The maximum absolute atomic E-state index is 9.96. The van der Waals surface area contributed by atoms with E-state index in [1.165, 1.54) is 6.07 Å². The number of carbonyl (C=O) groups excluding carboxylic acids is 2. The smallest absolute Gasteiger partial charge is 0.467 e. The van der Waals surface area contributed by atoms with Crippen LogP contribution in [-0.2, 0) is 19.8 Å². The van der Waals surface area contributed by atoms with Crippen molar-refractivity contribution in [2.24, 2.45) is 0 Å². The van der Waals surface area contributed by atoms with Crippen molar-refractivity contribution in [2.45, 2.75) is 62.9 Å². The molecule has 11 nitrogen and oxygen atoms in total. The first kappa shape index (κ1) is 51.8. The molecule has 0 unspecified atom stereocenters. The Bertz CT molecular complexity index is 1090. The van der Waals surface area contributed by atoms with Crippen LogP contribution in [0.3, 0.4) is 0 Å². The standard InChI is InChI=1S/C6H8O3.C6H6O3.C6H6O2.C6H8O.2CH3F.3CH4.FH.2H2O/c2*7-3-5-1-2-6(4-8)9-5;1-5-2-3-6(4-7)8-5;1-5-3-4-6(2)7-5;2*1-2;;;;;;/h1-2,7-8H,3-4H2;1-3,8H,4H2;2-4H,1H3;3-4H,1-2H3;2*1H3;3*1H4;1H;2*1H2/p+2/i;;;;1D;;;;;;;/hD. The Morgan fingerprint density at radius 2 is 0.930 bits per heavy atom. The zero-order chi connectivity index (χ0) is 31.3. The number of hydrogen-bond acceptors (Lipinski definition) is 9. The number of hydrogen-bond donors (Lipinski definition) is 3. The molecule has 0 amide bonds. The van der Waals surface area contributed by atoms with Gasteiger partial charge in [0.25, 0.3) is 1.45 Å². The lowest BCUT2D eigenvalue weighted by Crippen LogP contribution is -1.76. The van der Waals surface area contributed by atoms with Gasteiger partial charge in [-0.2, -0.15) is 0 Å². The molecule has 0 radical (unpaired) electrons. The van der Waals surface area contributed by atoms with Gasteiger partial charge in [-0.1, -0.05) is 22.3 Å². The summed E-state index contributed by atoms with van der Waals surface area (Å²) in [6, 6.07) is 13.6. The van der Waals surface area contributed by atoms with Gasteiger partial charge in [-0.25, -0.2) is 0 Å². The molecule has 0 bridgehead atoms. The molecular weight excluding hydrogens is 581 g/mol. The third-order valence-electron chi connectivity index (χ3n) is 3.74. The Labute approximate surface area is 257 Å². The normalized spacial score (nSPS) is 8.05. The van der Waals surface area contributed by atoms with Crippen molar-refractivity contribution in [1.82, 2.24) is 0 Å². The predicted molar refractivity (Wildman–Crippen MR) is 164 cm³/mol. The van der Waals surface area contributed by atoms with Crippen molar-refractivity contribution in [3.8, 4) is 0 Å². The van der Waals surface area contributed by atoms with E-state index in [-0.39, 0.29) is 61.7 Å². The van der Waals surface area contributed by atoms with Crippen molar-refractivity contribution < 1.29 is 71.3 Å². The fourth-order valence-corrected chi connectivity index (χ4v) is 2.21. The molecule has 254 valence electrons. The van der Waals surface area contributed by atoms with Gasteiger partial charge in [-0.05, 0) is 69.3 Å². The van der Waals surface area contributed by atoms with E-state index in [0.29, 0.717) is 42.8 Å². The number of aryl methyl sites for hydroxylation is 3. The average Bonchev–Trinajstić information content (AvgIpc) is 3.80. The second-order valence-corrected chi connectivity index (χ2v) is 6.49. The quantitative estimate of drug-likeness (QED) is 0.220. The summed E-state index contributed by atoms with van der Waals surface area (Å²) in [6.45, 7) is 5.29. The molecule has 0 aliphatic heterocycles. The highest BCUT2D eigenvalue weighted by molar-refractivity contribution is 5.70.